The molecule has 0 spiro atoms. The molecule has 0 bridgehead atoms. The molecule has 2 radical (unpaired) electrons. The first-order chi connectivity index (χ1) is 7.77. The van der Waals surface area contributed by atoms with E-state index in [4.69, 9.17) is 5.11 Å². The summed E-state index contributed by atoms with van der Waals surface area (Å²) in [5.74, 6) is -1.05. The minimum atomic E-state index is -1.05. The lowest BCUT2D eigenvalue weighted by Gasteiger charge is -2.06. The Bertz CT molecular complexity index is 489. The van der Waals surface area contributed by atoms with E-state index >= 15 is 0 Å². The SMILES string of the molecule is O=C(O)[C]c1ccccc1-c1ccccc1. The highest BCUT2D eigenvalue weighted by atomic mass is 16.4. The van der Waals surface area contributed by atoms with E-state index in [1.807, 2.05) is 42.5 Å². The molecule has 2 nitrogen and oxygen atoms in total. The van der Waals surface area contributed by atoms with Crippen LogP contribution in [0.25, 0.3) is 11.1 Å². The van der Waals surface area contributed by atoms with Gasteiger partial charge in [-0.3, -0.25) is 4.79 Å². The van der Waals surface area contributed by atoms with Gasteiger partial charge in [-0.15, -0.1) is 0 Å². The highest BCUT2D eigenvalue weighted by Gasteiger charge is 2.08. The molecule has 0 atom stereocenters. The first-order valence-electron chi connectivity index (χ1n) is 4.92. The minimum Gasteiger partial charge on any atom is -0.481 e. The molecular weight excluding hydrogens is 200 g/mol. The van der Waals surface area contributed by atoms with E-state index in [0.29, 0.717) is 5.56 Å². The Balaban J connectivity index is 2.44. The molecule has 2 aromatic carbocycles. The summed E-state index contributed by atoms with van der Waals surface area (Å²) in [6, 6.07) is 17.0. The van der Waals surface area contributed by atoms with Crippen molar-refractivity contribution in [1.82, 2.24) is 0 Å². The van der Waals surface area contributed by atoms with Crippen molar-refractivity contribution in [1.29, 1.82) is 0 Å². The number of benzene rings is 2. The molecule has 0 fully saturated rings. The topological polar surface area (TPSA) is 37.3 Å². The van der Waals surface area contributed by atoms with Crippen molar-refractivity contribution in [2.24, 2.45) is 0 Å². The van der Waals surface area contributed by atoms with Gasteiger partial charge in [0.2, 0.25) is 0 Å². The lowest BCUT2D eigenvalue weighted by atomic mass is 9.98. The van der Waals surface area contributed by atoms with Gasteiger partial charge in [-0.2, -0.15) is 0 Å². The standard InChI is InChI=1S/C14H10O2/c15-14(16)10-12-8-4-5-9-13(12)11-6-2-1-3-7-11/h1-9H,(H,15,16). The summed E-state index contributed by atoms with van der Waals surface area (Å²) in [4.78, 5) is 10.6. The van der Waals surface area contributed by atoms with Crippen molar-refractivity contribution >= 4 is 5.97 Å². The zero-order valence-electron chi connectivity index (χ0n) is 8.55. The van der Waals surface area contributed by atoms with Gasteiger partial charge in [0.1, 0.15) is 6.42 Å². The summed E-state index contributed by atoms with van der Waals surface area (Å²) in [6.45, 7) is 0. The number of hydrogen-bond donors (Lipinski definition) is 1. The highest BCUT2D eigenvalue weighted by molar-refractivity contribution is 5.85. The average Bonchev–Trinajstić information content (AvgIpc) is 2.30. The summed E-state index contributed by atoms with van der Waals surface area (Å²) in [5.41, 5.74) is 2.47. The van der Waals surface area contributed by atoms with Crippen LogP contribution in [0.2, 0.25) is 0 Å². The van der Waals surface area contributed by atoms with Crippen LogP contribution in [0.3, 0.4) is 0 Å². The van der Waals surface area contributed by atoms with Gasteiger partial charge >= 0.3 is 5.97 Å². The van der Waals surface area contributed by atoms with Crippen LogP contribution in [0, 0.1) is 6.42 Å². The molecule has 0 saturated carbocycles. The van der Waals surface area contributed by atoms with Crippen molar-refractivity contribution in [2.45, 2.75) is 0 Å². The molecule has 2 heteroatoms. The summed E-state index contributed by atoms with van der Waals surface area (Å²) in [7, 11) is 0. The van der Waals surface area contributed by atoms with Crippen molar-refractivity contribution in [3.05, 3.63) is 66.6 Å². The molecule has 0 amide bonds. The molecule has 0 aliphatic rings. The number of aliphatic carboxylic acids is 1. The predicted octanol–water partition coefficient (Wildman–Crippen LogP) is 2.87. The van der Waals surface area contributed by atoms with Gasteiger partial charge in [0.15, 0.2) is 0 Å². The Kier molecular flexibility index (Phi) is 3.01. The number of carbonyl (C=O) groups is 1. The fourth-order valence-electron chi connectivity index (χ4n) is 1.58. The molecule has 0 aromatic heterocycles. The zero-order chi connectivity index (χ0) is 11.4. The first-order valence-corrected chi connectivity index (χ1v) is 4.92. The van der Waals surface area contributed by atoms with Gasteiger partial charge in [0.25, 0.3) is 0 Å². The molecule has 16 heavy (non-hydrogen) atoms. The fourth-order valence-corrected chi connectivity index (χ4v) is 1.58. The Hall–Kier alpha value is -2.09. The largest absolute Gasteiger partial charge is 0.481 e. The normalized spacial score (nSPS) is 10.0. The lowest BCUT2D eigenvalue weighted by Crippen LogP contribution is -1.98. The van der Waals surface area contributed by atoms with Gasteiger partial charge in [-0.1, -0.05) is 54.6 Å². The number of carboxylic acids is 1. The number of hydrogen-bond acceptors (Lipinski definition) is 1. The van der Waals surface area contributed by atoms with Crippen LogP contribution in [0.1, 0.15) is 5.56 Å². The minimum absolute atomic E-state index is 0.598. The Morgan fingerprint density at radius 1 is 0.938 bits per heavy atom. The van der Waals surface area contributed by atoms with Gasteiger partial charge in [-0.25, -0.2) is 0 Å². The second-order valence-electron chi connectivity index (χ2n) is 3.34. The van der Waals surface area contributed by atoms with Crippen LogP contribution in [0.5, 0.6) is 0 Å². The van der Waals surface area contributed by atoms with Gasteiger partial charge in [0, 0.05) is 0 Å². The smallest absolute Gasteiger partial charge is 0.317 e. The Morgan fingerprint density at radius 2 is 1.56 bits per heavy atom. The van der Waals surface area contributed by atoms with Crippen LogP contribution >= 0.6 is 0 Å². The first kappa shape index (κ1) is 10.4. The second-order valence-corrected chi connectivity index (χ2v) is 3.34. The molecule has 2 rings (SSSR count). The van der Waals surface area contributed by atoms with Crippen LogP contribution in [0.4, 0.5) is 0 Å². The summed E-state index contributed by atoms with van der Waals surface area (Å²) in [5, 5.41) is 8.73. The van der Waals surface area contributed by atoms with Crippen molar-refractivity contribution in [3.63, 3.8) is 0 Å². The molecule has 0 unspecified atom stereocenters. The Labute approximate surface area is 94.2 Å². The van der Waals surface area contributed by atoms with Crippen molar-refractivity contribution in [3.8, 4) is 11.1 Å². The quantitative estimate of drug-likeness (QED) is 0.845. The maximum absolute atomic E-state index is 10.6. The van der Waals surface area contributed by atoms with E-state index in [1.54, 1.807) is 12.1 Å². The lowest BCUT2D eigenvalue weighted by molar-refractivity contribution is -0.132. The van der Waals surface area contributed by atoms with E-state index in [2.05, 4.69) is 6.42 Å². The average molecular weight is 210 g/mol. The van der Waals surface area contributed by atoms with Crippen LogP contribution in [0.15, 0.2) is 54.6 Å². The van der Waals surface area contributed by atoms with Crippen molar-refractivity contribution < 1.29 is 9.90 Å². The fraction of sp³-hybridized carbons (Fsp3) is 0. The number of rotatable bonds is 3. The predicted molar refractivity (Wildman–Crippen MR) is 61.9 cm³/mol. The van der Waals surface area contributed by atoms with E-state index < -0.39 is 5.97 Å². The highest BCUT2D eigenvalue weighted by Crippen LogP contribution is 2.24. The maximum Gasteiger partial charge on any atom is 0.317 e. The van der Waals surface area contributed by atoms with E-state index in [1.165, 1.54) is 0 Å². The third-order valence-electron chi connectivity index (χ3n) is 2.25. The van der Waals surface area contributed by atoms with Crippen molar-refractivity contribution in [2.75, 3.05) is 0 Å². The van der Waals surface area contributed by atoms with Gasteiger partial charge in [0.05, 0.1) is 0 Å². The third-order valence-corrected chi connectivity index (χ3v) is 2.25. The Morgan fingerprint density at radius 3 is 2.25 bits per heavy atom. The van der Waals surface area contributed by atoms with Crippen LogP contribution in [-0.2, 0) is 4.79 Å². The molecular formula is C14H10O2. The van der Waals surface area contributed by atoms with E-state index in [-0.39, 0.29) is 0 Å². The van der Waals surface area contributed by atoms with Crippen LogP contribution < -0.4 is 0 Å². The van der Waals surface area contributed by atoms with Gasteiger partial charge < -0.3 is 5.11 Å². The third kappa shape index (κ3) is 2.28. The zero-order valence-corrected chi connectivity index (χ0v) is 8.55. The molecule has 2 aromatic rings. The monoisotopic (exact) mass is 210 g/mol. The number of carboxylic acid groups (broad SMARTS) is 1. The van der Waals surface area contributed by atoms with E-state index in [9.17, 15) is 4.79 Å². The summed E-state index contributed by atoms with van der Waals surface area (Å²) >= 11 is 0. The van der Waals surface area contributed by atoms with Crippen LogP contribution in [-0.4, -0.2) is 11.1 Å². The molecule has 1 N–H and O–H groups in total. The van der Waals surface area contributed by atoms with E-state index in [0.717, 1.165) is 11.1 Å². The summed E-state index contributed by atoms with van der Waals surface area (Å²) in [6.07, 6.45) is 2.39. The molecule has 0 aliphatic carbocycles. The summed E-state index contributed by atoms with van der Waals surface area (Å²) < 4.78 is 0. The second kappa shape index (κ2) is 4.62. The molecule has 0 saturated heterocycles. The molecule has 0 heterocycles. The maximum atomic E-state index is 10.6. The van der Waals surface area contributed by atoms with Gasteiger partial charge in [-0.05, 0) is 16.7 Å². The molecule has 0 aliphatic heterocycles. The molecule has 78 valence electrons.